The largest absolute Gasteiger partial charge is 0.480 e. The number of halogens is 2. The first-order chi connectivity index (χ1) is 8.38. The van der Waals surface area contributed by atoms with Gasteiger partial charge in [0, 0.05) is 23.1 Å². The van der Waals surface area contributed by atoms with E-state index in [2.05, 4.69) is 15.9 Å². The van der Waals surface area contributed by atoms with E-state index in [0.29, 0.717) is 24.6 Å². The second kappa shape index (κ2) is 6.85. The molecule has 0 aliphatic heterocycles. The molecule has 1 aromatic rings. The van der Waals surface area contributed by atoms with Crippen molar-refractivity contribution in [2.24, 2.45) is 5.92 Å². The maximum absolute atomic E-state index is 13.6. The molecule has 0 aliphatic rings. The topological polar surface area (TPSA) is 40.5 Å². The third-order valence-electron chi connectivity index (χ3n) is 2.38. The van der Waals surface area contributed by atoms with Gasteiger partial charge in [-0.3, -0.25) is 9.69 Å². The summed E-state index contributed by atoms with van der Waals surface area (Å²) in [6.45, 7) is 4.86. The number of benzene rings is 1. The molecule has 3 nitrogen and oxygen atoms in total. The van der Waals surface area contributed by atoms with E-state index in [0.717, 1.165) is 4.47 Å². The van der Waals surface area contributed by atoms with Crippen molar-refractivity contribution in [3.8, 4) is 0 Å². The van der Waals surface area contributed by atoms with Gasteiger partial charge in [-0.2, -0.15) is 0 Å². The van der Waals surface area contributed by atoms with Crippen molar-refractivity contribution in [1.82, 2.24) is 4.90 Å². The summed E-state index contributed by atoms with van der Waals surface area (Å²) in [5.41, 5.74) is 0.506. The fourth-order valence-electron chi connectivity index (χ4n) is 1.80. The van der Waals surface area contributed by atoms with Gasteiger partial charge in [0.25, 0.3) is 0 Å². The summed E-state index contributed by atoms with van der Waals surface area (Å²) in [4.78, 5) is 12.5. The number of nitrogens with zero attached hydrogens (tertiary/aromatic N) is 1. The second-order valence-electron chi connectivity index (χ2n) is 4.69. The number of carboxylic acid groups (broad SMARTS) is 1. The Hall–Kier alpha value is -0.940. The van der Waals surface area contributed by atoms with E-state index < -0.39 is 5.97 Å². The van der Waals surface area contributed by atoms with Crippen molar-refractivity contribution < 1.29 is 14.3 Å². The Morgan fingerprint density at radius 3 is 2.72 bits per heavy atom. The third kappa shape index (κ3) is 5.14. The molecule has 0 aliphatic carbocycles. The molecule has 5 heteroatoms. The van der Waals surface area contributed by atoms with Crippen LogP contribution in [0.5, 0.6) is 0 Å². The molecule has 1 N–H and O–H groups in total. The van der Waals surface area contributed by atoms with Gasteiger partial charge in [-0.1, -0.05) is 29.8 Å². The highest BCUT2D eigenvalue weighted by atomic mass is 79.9. The van der Waals surface area contributed by atoms with Gasteiger partial charge in [0.15, 0.2) is 0 Å². The highest BCUT2D eigenvalue weighted by Crippen LogP contribution is 2.17. The lowest BCUT2D eigenvalue weighted by atomic mass is 10.1. The highest BCUT2D eigenvalue weighted by Gasteiger charge is 2.14. The van der Waals surface area contributed by atoms with Gasteiger partial charge >= 0.3 is 5.97 Å². The summed E-state index contributed by atoms with van der Waals surface area (Å²) in [7, 11) is 0. The molecule has 0 bridgehead atoms. The number of aliphatic carboxylic acids is 1. The first-order valence-corrected chi connectivity index (χ1v) is 6.56. The first kappa shape index (κ1) is 15.1. The van der Waals surface area contributed by atoms with Crippen LogP contribution in [0.15, 0.2) is 22.7 Å². The van der Waals surface area contributed by atoms with Gasteiger partial charge in [0.2, 0.25) is 0 Å². The third-order valence-corrected chi connectivity index (χ3v) is 2.88. The molecule has 0 aromatic heterocycles. The number of rotatable bonds is 6. The predicted molar refractivity (Wildman–Crippen MR) is 71.9 cm³/mol. The van der Waals surface area contributed by atoms with Gasteiger partial charge < -0.3 is 5.11 Å². The molecule has 0 saturated heterocycles. The summed E-state index contributed by atoms with van der Waals surface area (Å²) in [5.74, 6) is -0.872. The number of carbonyl (C=O) groups is 1. The molecular formula is C13H17BrFNO2. The van der Waals surface area contributed by atoms with E-state index >= 15 is 0 Å². The van der Waals surface area contributed by atoms with E-state index in [1.807, 2.05) is 13.8 Å². The molecule has 0 spiro atoms. The normalized spacial score (nSPS) is 11.2. The predicted octanol–water partition coefficient (Wildman–Crippen LogP) is 3.13. The highest BCUT2D eigenvalue weighted by molar-refractivity contribution is 9.10. The Bertz CT molecular complexity index is 423. The van der Waals surface area contributed by atoms with E-state index in [9.17, 15) is 9.18 Å². The number of hydrogen-bond donors (Lipinski definition) is 1. The monoisotopic (exact) mass is 317 g/mol. The maximum Gasteiger partial charge on any atom is 0.317 e. The molecule has 0 atom stereocenters. The lowest BCUT2D eigenvalue weighted by Crippen LogP contribution is -2.32. The van der Waals surface area contributed by atoms with Crippen LogP contribution in [0.1, 0.15) is 19.4 Å². The minimum atomic E-state index is -0.897. The molecule has 0 heterocycles. The molecule has 0 amide bonds. The number of hydrogen-bond acceptors (Lipinski definition) is 2. The molecule has 0 radical (unpaired) electrons. The van der Waals surface area contributed by atoms with Crippen LogP contribution >= 0.6 is 15.9 Å². The van der Waals surface area contributed by atoms with Crippen molar-refractivity contribution in [2.45, 2.75) is 20.4 Å². The van der Waals surface area contributed by atoms with Crippen LogP contribution in [-0.2, 0) is 11.3 Å². The Balaban J connectivity index is 2.81. The van der Waals surface area contributed by atoms with Crippen LogP contribution < -0.4 is 0 Å². The van der Waals surface area contributed by atoms with Crippen LogP contribution in [0.25, 0.3) is 0 Å². The molecule has 100 valence electrons. The Morgan fingerprint density at radius 1 is 1.50 bits per heavy atom. The molecule has 0 saturated carbocycles. The Labute approximate surface area is 115 Å². The Morgan fingerprint density at radius 2 is 2.17 bits per heavy atom. The molecular weight excluding hydrogens is 301 g/mol. The summed E-state index contributed by atoms with van der Waals surface area (Å²) >= 11 is 3.29. The summed E-state index contributed by atoms with van der Waals surface area (Å²) < 4.78 is 14.4. The minimum Gasteiger partial charge on any atom is -0.480 e. The van der Waals surface area contributed by atoms with Crippen molar-refractivity contribution in [2.75, 3.05) is 13.1 Å². The molecule has 1 rings (SSSR count). The van der Waals surface area contributed by atoms with Crippen molar-refractivity contribution in [3.63, 3.8) is 0 Å². The SMILES string of the molecule is CC(C)CN(CC(=O)O)Cc1cc(Br)ccc1F. The van der Waals surface area contributed by atoms with Gasteiger partial charge in [-0.15, -0.1) is 0 Å². The van der Waals surface area contributed by atoms with Gasteiger partial charge in [0.1, 0.15) is 5.82 Å². The van der Waals surface area contributed by atoms with E-state index in [1.54, 1.807) is 17.0 Å². The minimum absolute atomic E-state index is 0.0792. The van der Waals surface area contributed by atoms with E-state index in [-0.39, 0.29) is 12.4 Å². The van der Waals surface area contributed by atoms with Gasteiger partial charge in [-0.25, -0.2) is 4.39 Å². The Kier molecular flexibility index (Phi) is 5.75. The fourth-order valence-corrected chi connectivity index (χ4v) is 2.21. The molecule has 0 unspecified atom stereocenters. The average molecular weight is 318 g/mol. The van der Waals surface area contributed by atoms with Gasteiger partial charge in [-0.05, 0) is 24.1 Å². The molecule has 0 fully saturated rings. The summed E-state index contributed by atoms with van der Waals surface area (Å²) in [6.07, 6.45) is 0. The fraction of sp³-hybridized carbons (Fsp3) is 0.462. The van der Waals surface area contributed by atoms with Gasteiger partial charge in [0.05, 0.1) is 6.54 Å². The molecule has 18 heavy (non-hydrogen) atoms. The van der Waals surface area contributed by atoms with Crippen LogP contribution in [-0.4, -0.2) is 29.1 Å². The zero-order chi connectivity index (χ0) is 13.7. The molecule has 1 aromatic carbocycles. The van der Waals surface area contributed by atoms with Crippen molar-refractivity contribution in [3.05, 3.63) is 34.1 Å². The lowest BCUT2D eigenvalue weighted by molar-refractivity contribution is -0.138. The summed E-state index contributed by atoms with van der Waals surface area (Å²) in [6, 6.07) is 4.70. The standard InChI is InChI=1S/C13H17BrFNO2/c1-9(2)6-16(8-13(17)18)7-10-5-11(14)3-4-12(10)15/h3-5,9H,6-8H2,1-2H3,(H,17,18). The van der Waals surface area contributed by atoms with E-state index in [4.69, 9.17) is 5.11 Å². The van der Waals surface area contributed by atoms with Crippen molar-refractivity contribution in [1.29, 1.82) is 0 Å². The zero-order valence-electron chi connectivity index (χ0n) is 10.5. The first-order valence-electron chi connectivity index (χ1n) is 5.76. The van der Waals surface area contributed by atoms with E-state index in [1.165, 1.54) is 6.07 Å². The zero-order valence-corrected chi connectivity index (χ0v) is 12.1. The van der Waals surface area contributed by atoms with Crippen LogP contribution in [0.2, 0.25) is 0 Å². The average Bonchev–Trinajstić information content (AvgIpc) is 2.21. The van der Waals surface area contributed by atoms with Crippen LogP contribution in [0, 0.1) is 11.7 Å². The summed E-state index contributed by atoms with van der Waals surface area (Å²) in [5, 5.41) is 8.85. The van der Waals surface area contributed by atoms with Crippen LogP contribution in [0.4, 0.5) is 4.39 Å². The number of carboxylic acids is 1. The quantitative estimate of drug-likeness (QED) is 0.876. The van der Waals surface area contributed by atoms with Crippen molar-refractivity contribution >= 4 is 21.9 Å². The lowest BCUT2D eigenvalue weighted by Gasteiger charge is -2.22. The van der Waals surface area contributed by atoms with Crippen LogP contribution in [0.3, 0.4) is 0 Å². The second-order valence-corrected chi connectivity index (χ2v) is 5.61. The maximum atomic E-state index is 13.6. The smallest absolute Gasteiger partial charge is 0.317 e.